The van der Waals surface area contributed by atoms with Gasteiger partial charge in [0.2, 0.25) is 0 Å². The van der Waals surface area contributed by atoms with Gasteiger partial charge in [0.15, 0.2) is 5.79 Å². The van der Waals surface area contributed by atoms with E-state index >= 15 is 0 Å². The molecule has 2 atom stereocenters. The molecule has 1 saturated heterocycles. The number of benzene rings is 1. The van der Waals surface area contributed by atoms with Crippen LogP contribution in [-0.2, 0) is 9.47 Å². The Bertz CT molecular complexity index is 570. The lowest BCUT2D eigenvalue weighted by Gasteiger charge is -2.36. The SMILES string of the molecule is Cc1ccc([C@H]2[C@H](C#N)C23CCC2(CC3)OCCO2)cc1. The quantitative estimate of drug-likeness (QED) is 0.791. The maximum Gasteiger partial charge on any atom is 0.168 e. The van der Waals surface area contributed by atoms with Crippen molar-refractivity contribution in [2.24, 2.45) is 11.3 Å². The fourth-order valence-corrected chi connectivity index (χ4v) is 4.50. The minimum Gasteiger partial charge on any atom is -0.348 e. The minimum absolute atomic E-state index is 0.166. The lowest BCUT2D eigenvalue weighted by Crippen LogP contribution is -2.36. The van der Waals surface area contributed by atoms with Gasteiger partial charge in [-0.1, -0.05) is 29.8 Å². The van der Waals surface area contributed by atoms with Crippen molar-refractivity contribution in [3.05, 3.63) is 35.4 Å². The Hall–Kier alpha value is -1.37. The molecule has 0 bridgehead atoms. The second kappa shape index (κ2) is 4.56. The second-order valence-electron chi connectivity index (χ2n) is 6.84. The average Bonchev–Trinajstić information content (AvgIpc) is 2.89. The van der Waals surface area contributed by atoms with Crippen LogP contribution in [0.5, 0.6) is 0 Å². The van der Waals surface area contributed by atoms with Gasteiger partial charge in [0.1, 0.15) is 0 Å². The van der Waals surface area contributed by atoms with E-state index in [1.54, 1.807) is 0 Å². The van der Waals surface area contributed by atoms with Crippen LogP contribution in [0.2, 0.25) is 0 Å². The Morgan fingerprint density at radius 2 is 1.67 bits per heavy atom. The number of nitriles is 1. The molecular weight excluding hydrogens is 262 g/mol. The summed E-state index contributed by atoms with van der Waals surface area (Å²) in [7, 11) is 0. The first kappa shape index (κ1) is 13.3. The highest BCUT2D eigenvalue weighted by Crippen LogP contribution is 2.72. The van der Waals surface area contributed by atoms with E-state index in [1.165, 1.54) is 11.1 Å². The van der Waals surface area contributed by atoms with Crippen LogP contribution in [0, 0.1) is 29.6 Å². The van der Waals surface area contributed by atoms with Crippen molar-refractivity contribution < 1.29 is 9.47 Å². The third-order valence-corrected chi connectivity index (χ3v) is 5.79. The zero-order chi connectivity index (χ0) is 14.5. The number of ether oxygens (including phenoxy) is 2. The van der Waals surface area contributed by atoms with Crippen LogP contribution in [0.1, 0.15) is 42.7 Å². The number of rotatable bonds is 1. The van der Waals surface area contributed by atoms with Gasteiger partial charge in [0.05, 0.1) is 25.2 Å². The van der Waals surface area contributed by atoms with E-state index in [0.29, 0.717) is 5.92 Å². The summed E-state index contributed by atoms with van der Waals surface area (Å²) in [5, 5.41) is 9.55. The third kappa shape index (κ3) is 1.93. The number of hydrogen-bond donors (Lipinski definition) is 0. The predicted molar refractivity (Wildman–Crippen MR) is 78.6 cm³/mol. The fraction of sp³-hybridized carbons (Fsp3) is 0.611. The van der Waals surface area contributed by atoms with Crippen molar-refractivity contribution in [2.45, 2.75) is 44.3 Å². The first-order valence-electron chi connectivity index (χ1n) is 7.93. The normalized spacial score (nSPS) is 32.2. The van der Waals surface area contributed by atoms with Gasteiger partial charge in [0, 0.05) is 18.8 Å². The van der Waals surface area contributed by atoms with Crippen LogP contribution < -0.4 is 0 Å². The van der Waals surface area contributed by atoms with Crippen molar-refractivity contribution >= 4 is 0 Å². The molecule has 3 fully saturated rings. The summed E-state index contributed by atoms with van der Waals surface area (Å²) in [5.41, 5.74) is 2.78. The highest BCUT2D eigenvalue weighted by molar-refractivity contribution is 5.38. The Morgan fingerprint density at radius 3 is 2.24 bits per heavy atom. The monoisotopic (exact) mass is 283 g/mol. The molecule has 0 radical (unpaired) electrons. The van der Waals surface area contributed by atoms with Crippen molar-refractivity contribution in [1.29, 1.82) is 5.26 Å². The standard InChI is InChI=1S/C18H21NO2/c1-13-2-4-14(5-3-13)16-15(12-19)17(16)6-8-18(9-7-17)20-10-11-21-18/h2-5,15-16H,6-11H2,1H3/t15-,16-/m0/s1. The Morgan fingerprint density at radius 1 is 1.05 bits per heavy atom. The Kier molecular flexibility index (Phi) is 2.89. The molecule has 1 aromatic carbocycles. The van der Waals surface area contributed by atoms with E-state index in [9.17, 15) is 5.26 Å². The summed E-state index contributed by atoms with van der Waals surface area (Å²) in [6.07, 6.45) is 3.97. The summed E-state index contributed by atoms with van der Waals surface area (Å²) in [4.78, 5) is 0. The fourth-order valence-electron chi connectivity index (χ4n) is 4.50. The molecule has 1 heterocycles. The molecule has 0 aromatic heterocycles. The van der Waals surface area contributed by atoms with Gasteiger partial charge < -0.3 is 9.47 Å². The first-order valence-corrected chi connectivity index (χ1v) is 7.93. The largest absolute Gasteiger partial charge is 0.348 e. The highest BCUT2D eigenvalue weighted by Gasteiger charge is 2.67. The van der Waals surface area contributed by atoms with Gasteiger partial charge >= 0.3 is 0 Å². The molecule has 0 unspecified atom stereocenters. The minimum atomic E-state index is -0.328. The van der Waals surface area contributed by atoms with E-state index in [0.717, 1.165) is 38.9 Å². The van der Waals surface area contributed by atoms with Crippen molar-refractivity contribution in [2.75, 3.05) is 13.2 Å². The molecule has 2 aliphatic carbocycles. The van der Waals surface area contributed by atoms with Gasteiger partial charge in [-0.3, -0.25) is 0 Å². The lowest BCUT2D eigenvalue weighted by molar-refractivity contribution is -0.185. The molecule has 21 heavy (non-hydrogen) atoms. The van der Waals surface area contributed by atoms with E-state index in [4.69, 9.17) is 9.47 Å². The molecule has 0 N–H and O–H groups in total. The summed E-state index contributed by atoms with van der Waals surface area (Å²) in [5.74, 6) is 0.242. The molecule has 3 aliphatic rings. The summed E-state index contributed by atoms with van der Waals surface area (Å²) in [6.45, 7) is 3.54. The van der Waals surface area contributed by atoms with Crippen LogP contribution in [-0.4, -0.2) is 19.0 Å². The van der Waals surface area contributed by atoms with Crippen molar-refractivity contribution in [3.63, 3.8) is 0 Å². The number of aryl methyl sites for hydroxylation is 1. The summed E-state index contributed by atoms with van der Waals surface area (Å²) >= 11 is 0. The van der Waals surface area contributed by atoms with Gasteiger partial charge in [-0.05, 0) is 30.7 Å². The third-order valence-electron chi connectivity index (χ3n) is 5.79. The zero-order valence-corrected chi connectivity index (χ0v) is 12.5. The van der Waals surface area contributed by atoms with Gasteiger partial charge in [-0.2, -0.15) is 5.26 Å². The average molecular weight is 283 g/mol. The van der Waals surface area contributed by atoms with Gasteiger partial charge in [-0.25, -0.2) is 0 Å². The van der Waals surface area contributed by atoms with Gasteiger partial charge in [-0.15, -0.1) is 0 Å². The van der Waals surface area contributed by atoms with Crippen LogP contribution in [0.15, 0.2) is 24.3 Å². The highest BCUT2D eigenvalue weighted by atomic mass is 16.7. The maximum absolute atomic E-state index is 9.55. The van der Waals surface area contributed by atoms with E-state index < -0.39 is 0 Å². The topological polar surface area (TPSA) is 42.2 Å². The molecule has 110 valence electrons. The van der Waals surface area contributed by atoms with E-state index in [-0.39, 0.29) is 17.1 Å². The van der Waals surface area contributed by atoms with Crippen LogP contribution in [0.3, 0.4) is 0 Å². The molecule has 1 aliphatic heterocycles. The van der Waals surface area contributed by atoms with Crippen molar-refractivity contribution in [3.8, 4) is 6.07 Å². The number of nitrogens with zero attached hydrogens (tertiary/aromatic N) is 1. The van der Waals surface area contributed by atoms with Crippen molar-refractivity contribution in [1.82, 2.24) is 0 Å². The lowest BCUT2D eigenvalue weighted by atomic mass is 9.79. The maximum atomic E-state index is 9.55. The molecule has 2 saturated carbocycles. The van der Waals surface area contributed by atoms with Crippen LogP contribution >= 0.6 is 0 Å². The smallest absolute Gasteiger partial charge is 0.168 e. The molecule has 0 amide bonds. The van der Waals surface area contributed by atoms with E-state index in [1.807, 2.05) is 0 Å². The molecule has 1 aromatic rings. The molecule has 3 nitrogen and oxygen atoms in total. The molecule has 4 rings (SSSR count). The predicted octanol–water partition coefficient (Wildman–Crippen LogP) is 3.54. The zero-order valence-electron chi connectivity index (χ0n) is 12.5. The first-order chi connectivity index (χ1) is 10.2. The van der Waals surface area contributed by atoms with Gasteiger partial charge in [0.25, 0.3) is 0 Å². The van der Waals surface area contributed by atoms with E-state index in [2.05, 4.69) is 37.3 Å². The second-order valence-corrected chi connectivity index (χ2v) is 6.84. The Balaban J connectivity index is 1.55. The van der Waals surface area contributed by atoms with Crippen LogP contribution in [0.25, 0.3) is 0 Å². The molecule has 2 spiro atoms. The van der Waals surface area contributed by atoms with Crippen LogP contribution in [0.4, 0.5) is 0 Å². The Labute approximate surface area is 125 Å². The molecular formula is C18H21NO2. The summed E-state index contributed by atoms with van der Waals surface area (Å²) in [6, 6.07) is 11.3. The summed E-state index contributed by atoms with van der Waals surface area (Å²) < 4.78 is 11.6. The number of hydrogen-bond acceptors (Lipinski definition) is 3. The molecule has 3 heteroatoms.